The number of likely N-dealkylation sites (tertiary alicyclic amines) is 1. The van der Waals surface area contributed by atoms with Crippen LogP contribution in [-0.4, -0.2) is 86.2 Å². The minimum absolute atomic E-state index is 0.153. The number of rotatable bonds is 6. The summed E-state index contributed by atoms with van der Waals surface area (Å²) >= 11 is 0. The highest BCUT2D eigenvalue weighted by Crippen LogP contribution is 2.32. The number of amides is 1. The van der Waals surface area contributed by atoms with E-state index in [0.717, 1.165) is 58.5 Å². The molecule has 1 unspecified atom stereocenters. The SMILES string of the molecule is COCCN1CCC2(CCC1=O)CN(CCC=C(C)C)CCN2C. The molecule has 2 heterocycles. The molecule has 0 aliphatic carbocycles. The third-order valence-electron chi connectivity index (χ3n) is 5.65. The van der Waals surface area contributed by atoms with Crippen molar-refractivity contribution in [3.8, 4) is 0 Å². The predicted molar refractivity (Wildman–Crippen MR) is 98.2 cm³/mol. The third kappa shape index (κ3) is 5.04. The quantitative estimate of drug-likeness (QED) is 0.695. The first-order chi connectivity index (χ1) is 11.5. The van der Waals surface area contributed by atoms with Crippen LogP contribution in [-0.2, 0) is 9.53 Å². The van der Waals surface area contributed by atoms with Gasteiger partial charge < -0.3 is 9.64 Å². The van der Waals surface area contributed by atoms with Gasteiger partial charge in [0.2, 0.25) is 5.91 Å². The number of carbonyl (C=O) groups is 1. The minimum Gasteiger partial charge on any atom is -0.383 e. The lowest BCUT2D eigenvalue weighted by molar-refractivity contribution is -0.131. The van der Waals surface area contributed by atoms with Crippen molar-refractivity contribution >= 4 is 5.91 Å². The van der Waals surface area contributed by atoms with Crippen LogP contribution in [0.4, 0.5) is 0 Å². The number of allylic oxidation sites excluding steroid dienone is 1. The van der Waals surface area contributed by atoms with Crippen LogP contribution >= 0.6 is 0 Å². The average Bonchev–Trinajstić information content (AvgIpc) is 2.70. The van der Waals surface area contributed by atoms with Gasteiger partial charge in [0.15, 0.2) is 0 Å². The maximum absolute atomic E-state index is 12.4. The first-order valence-electron chi connectivity index (χ1n) is 9.30. The van der Waals surface area contributed by atoms with E-state index >= 15 is 0 Å². The minimum atomic E-state index is 0.153. The van der Waals surface area contributed by atoms with Crippen LogP contribution in [0.2, 0.25) is 0 Å². The lowest BCUT2D eigenvalue weighted by atomic mass is 9.86. The molecule has 1 amide bonds. The fraction of sp³-hybridized carbons (Fsp3) is 0.842. The van der Waals surface area contributed by atoms with Gasteiger partial charge in [-0.2, -0.15) is 0 Å². The van der Waals surface area contributed by atoms with Crippen molar-refractivity contribution in [1.82, 2.24) is 14.7 Å². The maximum atomic E-state index is 12.4. The average molecular weight is 338 g/mol. The zero-order valence-corrected chi connectivity index (χ0v) is 16.0. The highest BCUT2D eigenvalue weighted by atomic mass is 16.5. The Labute approximate surface area is 147 Å². The van der Waals surface area contributed by atoms with Crippen molar-refractivity contribution in [1.29, 1.82) is 0 Å². The topological polar surface area (TPSA) is 36.0 Å². The van der Waals surface area contributed by atoms with Crippen LogP contribution in [0.25, 0.3) is 0 Å². The Morgan fingerprint density at radius 2 is 2.00 bits per heavy atom. The van der Waals surface area contributed by atoms with Crippen molar-refractivity contribution in [3.05, 3.63) is 11.6 Å². The Hall–Kier alpha value is -0.910. The van der Waals surface area contributed by atoms with Crippen molar-refractivity contribution in [2.45, 2.75) is 45.1 Å². The molecule has 0 aromatic rings. The normalized spacial score (nSPS) is 26.7. The van der Waals surface area contributed by atoms with Gasteiger partial charge >= 0.3 is 0 Å². The fourth-order valence-electron chi connectivity index (χ4n) is 3.94. The van der Waals surface area contributed by atoms with E-state index in [-0.39, 0.29) is 5.54 Å². The maximum Gasteiger partial charge on any atom is 0.222 e. The van der Waals surface area contributed by atoms with Gasteiger partial charge in [-0.25, -0.2) is 0 Å². The second-order valence-corrected chi connectivity index (χ2v) is 7.62. The van der Waals surface area contributed by atoms with Gasteiger partial charge in [-0.05, 0) is 40.2 Å². The zero-order valence-electron chi connectivity index (χ0n) is 16.0. The Morgan fingerprint density at radius 1 is 1.21 bits per heavy atom. The summed E-state index contributed by atoms with van der Waals surface area (Å²) in [5.74, 6) is 0.291. The third-order valence-corrected chi connectivity index (χ3v) is 5.65. The molecule has 0 aromatic carbocycles. The van der Waals surface area contributed by atoms with Crippen molar-refractivity contribution in [2.75, 3.05) is 60.0 Å². The van der Waals surface area contributed by atoms with E-state index in [9.17, 15) is 4.79 Å². The molecule has 2 fully saturated rings. The number of hydrogen-bond acceptors (Lipinski definition) is 4. The predicted octanol–water partition coefficient (Wildman–Crippen LogP) is 1.99. The van der Waals surface area contributed by atoms with Crippen molar-refractivity contribution < 1.29 is 9.53 Å². The molecule has 24 heavy (non-hydrogen) atoms. The number of hydrogen-bond donors (Lipinski definition) is 0. The molecule has 2 aliphatic rings. The molecule has 0 saturated carbocycles. The Bertz CT molecular complexity index is 448. The lowest BCUT2D eigenvalue weighted by Crippen LogP contribution is -2.61. The van der Waals surface area contributed by atoms with Crippen molar-refractivity contribution in [2.24, 2.45) is 0 Å². The first-order valence-corrected chi connectivity index (χ1v) is 9.30. The van der Waals surface area contributed by atoms with Crippen molar-refractivity contribution in [3.63, 3.8) is 0 Å². The highest BCUT2D eigenvalue weighted by molar-refractivity contribution is 5.76. The summed E-state index contributed by atoms with van der Waals surface area (Å²) in [5, 5.41) is 0. The van der Waals surface area contributed by atoms with Gasteiger partial charge in [0, 0.05) is 58.3 Å². The van der Waals surface area contributed by atoms with E-state index in [2.05, 4.69) is 36.8 Å². The molecular formula is C19H35N3O2. The summed E-state index contributed by atoms with van der Waals surface area (Å²) in [6, 6.07) is 0. The van der Waals surface area contributed by atoms with E-state index < -0.39 is 0 Å². The molecule has 5 nitrogen and oxygen atoms in total. The van der Waals surface area contributed by atoms with Crippen LogP contribution in [0, 0.1) is 0 Å². The van der Waals surface area contributed by atoms with Crippen LogP contribution in [0.5, 0.6) is 0 Å². The summed E-state index contributed by atoms with van der Waals surface area (Å²) in [4.78, 5) is 19.5. The monoisotopic (exact) mass is 337 g/mol. The van der Waals surface area contributed by atoms with E-state index in [1.54, 1.807) is 7.11 Å². The summed E-state index contributed by atoms with van der Waals surface area (Å²) < 4.78 is 5.15. The van der Waals surface area contributed by atoms with Crippen LogP contribution < -0.4 is 0 Å². The fourth-order valence-corrected chi connectivity index (χ4v) is 3.94. The van der Waals surface area contributed by atoms with Crippen LogP contribution in [0.15, 0.2) is 11.6 Å². The zero-order chi connectivity index (χ0) is 17.6. The second-order valence-electron chi connectivity index (χ2n) is 7.62. The van der Waals surface area contributed by atoms with E-state index in [0.29, 0.717) is 18.9 Å². The van der Waals surface area contributed by atoms with Gasteiger partial charge in [0.1, 0.15) is 0 Å². The highest BCUT2D eigenvalue weighted by Gasteiger charge is 2.41. The molecule has 1 spiro atoms. The second kappa shape index (κ2) is 8.97. The summed E-state index contributed by atoms with van der Waals surface area (Å²) in [5.41, 5.74) is 1.55. The number of nitrogens with zero attached hydrogens (tertiary/aromatic N) is 3. The van der Waals surface area contributed by atoms with E-state index in [1.165, 1.54) is 5.57 Å². The Balaban J connectivity index is 1.98. The molecule has 138 valence electrons. The molecule has 2 rings (SSSR count). The Kier molecular flexibility index (Phi) is 7.26. The molecule has 5 heteroatoms. The molecule has 0 N–H and O–H groups in total. The summed E-state index contributed by atoms with van der Waals surface area (Å²) in [7, 11) is 3.94. The summed E-state index contributed by atoms with van der Waals surface area (Å²) in [6.45, 7) is 11.0. The van der Waals surface area contributed by atoms with E-state index in [1.807, 2.05) is 4.90 Å². The molecule has 0 bridgehead atoms. The first kappa shape index (κ1) is 19.4. The standard InChI is InChI=1S/C19H35N3O2/c1-17(2)6-5-10-21-13-12-20(3)19(16-21)8-7-18(23)22(11-9-19)14-15-24-4/h6H,5,7-16H2,1-4H3. The number of piperazine rings is 1. The molecule has 2 aliphatic heterocycles. The van der Waals surface area contributed by atoms with E-state index in [4.69, 9.17) is 4.74 Å². The largest absolute Gasteiger partial charge is 0.383 e. The van der Waals surface area contributed by atoms with Gasteiger partial charge in [0.25, 0.3) is 0 Å². The van der Waals surface area contributed by atoms with Gasteiger partial charge in [-0.1, -0.05) is 11.6 Å². The number of methoxy groups -OCH3 is 1. The van der Waals surface area contributed by atoms with Gasteiger partial charge in [-0.3, -0.25) is 14.6 Å². The number of likely N-dealkylation sites (N-methyl/N-ethyl adjacent to an activating group) is 1. The molecule has 0 radical (unpaired) electrons. The van der Waals surface area contributed by atoms with Gasteiger partial charge in [-0.15, -0.1) is 0 Å². The molecule has 1 atom stereocenters. The summed E-state index contributed by atoms with van der Waals surface area (Å²) in [6.07, 6.45) is 6.16. The number of carbonyl (C=O) groups excluding carboxylic acids is 1. The van der Waals surface area contributed by atoms with Crippen LogP contribution in [0.1, 0.15) is 39.5 Å². The smallest absolute Gasteiger partial charge is 0.222 e. The molecule has 0 aromatic heterocycles. The number of ether oxygens (including phenoxy) is 1. The lowest BCUT2D eigenvalue weighted by Gasteiger charge is -2.49. The molecular weight excluding hydrogens is 302 g/mol. The molecule has 2 saturated heterocycles. The van der Waals surface area contributed by atoms with Gasteiger partial charge in [0.05, 0.1) is 6.61 Å². The van der Waals surface area contributed by atoms with Crippen LogP contribution in [0.3, 0.4) is 0 Å². The Morgan fingerprint density at radius 3 is 2.71 bits per heavy atom.